The van der Waals surface area contributed by atoms with Gasteiger partial charge in [0, 0.05) is 23.8 Å². The summed E-state index contributed by atoms with van der Waals surface area (Å²) in [6.45, 7) is 7.16. The van der Waals surface area contributed by atoms with Gasteiger partial charge in [0.2, 0.25) is 0 Å². The Bertz CT molecular complexity index is 503. The van der Waals surface area contributed by atoms with Crippen LogP contribution in [0.5, 0.6) is 0 Å². The summed E-state index contributed by atoms with van der Waals surface area (Å²) in [6, 6.07) is 3.98. The summed E-state index contributed by atoms with van der Waals surface area (Å²) in [5.74, 6) is -0.729. The molecule has 0 heterocycles. The number of carboxylic acid groups (broad SMARTS) is 1. The zero-order chi connectivity index (χ0) is 15.3. The second-order valence-electron chi connectivity index (χ2n) is 4.90. The van der Waals surface area contributed by atoms with Crippen LogP contribution in [0.1, 0.15) is 31.1 Å². The van der Waals surface area contributed by atoms with Gasteiger partial charge in [-0.2, -0.15) is 0 Å². The molecule has 0 fully saturated rings. The van der Waals surface area contributed by atoms with Crippen molar-refractivity contribution in [1.29, 1.82) is 0 Å². The van der Waals surface area contributed by atoms with Crippen LogP contribution in [0.25, 0.3) is 0 Å². The summed E-state index contributed by atoms with van der Waals surface area (Å²) < 4.78 is 0. The fourth-order valence-electron chi connectivity index (χ4n) is 1.78. The van der Waals surface area contributed by atoms with E-state index in [0.29, 0.717) is 24.7 Å². The van der Waals surface area contributed by atoms with Crippen LogP contribution < -0.4 is 5.32 Å². The predicted molar refractivity (Wildman–Crippen MR) is 79.5 cm³/mol. The summed E-state index contributed by atoms with van der Waals surface area (Å²) in [5.41, 5.74) is 0.418. The van der Waals surface area contributed by atoms with Gasteiger partial charge in [0.05, 0.1) is 5.56 Å². The molecule has 0 saturated heterocycles. The van der Waals surface area contributed by atoms with E-state index >= 15 is 0 Å². The lowest BCUT2D eigenvalue weighted by Gasteiger charge is -2.23. The Balaban J connectivity index is 2.86. The van der Waals surface area contributed by atoms with Crippen LogP contribution in [-0.4, -0.2) is 35.1 Å². The van der Waals surface area contributed by atoms with Crippen LogP contribution in [0.2, 0.25) is 5.02 Å². The van der Waals surface area contributed by atoms with Gasteiger partial charge in [0.25, 0.3) is 0 Å². The van der Waals surface area contributed by atoms with Crippen molar-refractivity contribution in [1.82, 2.24) is 4.90 Å². The Morgan fingerprint density at radius 2 is 2.00 bits per heavy atom. The number of hydrogen-bond donors (Lipinski definition) is 2. The third-order valence-corrected chi connectivity index (χ3v) is 2.87. The molecule has 2 N–H and O–H groups in total. The molecule has 0 bridgehead atoms. The fourth-order valence-corrected chi connectivity index (χ4v) is 2.02. The highest BCUT2D eigenvalue weighted by Gasteiger charge is 2.14. The second kappa shape index (κ2) is 7.14. The zero-order valence-corrected chi connectivity index (χ0v) is 12.6. The number of carboxylic acids is 1. The van der Waals surface area contributed by atoms with Crippen molar-refractivity contribution in [2.75, 3.05) is 18.4 Å². The fraction of sp³-hybridized carbons (Fsp3) is 0.429. The first-order valence-corrected chi connectivity index (χ1v) is 6.81. The predicted octanol–water partition coefficient (Wildman–Crippen LogP) is 3.55. The minimum absolute atomic E-state index is 0.0414. The number of aromatic carboxylic acids is 1. The van der Waals surface area contributed by atoms with Gasteiger partial charge in [-0.1, -0.05) is 25.4 Å². The zero-order valence-electron chi connectivity index (χ0n) is 11.8. The van der Waals surface area contributed by atoms with E-state index in [9.17, 15) is 9.59 Å². The molecule has 0 aromatic heterocycles. The third kappa shape index (κ3) is 4.74. The molecular formula is C14H19ClN2O3. The van der Waals surface area contributed by atoms with Crippen LogP contribution in [0.4, 0.5) is 10.5 Å². The second-order valence-corrected chi connectivity index (χ2v) is 5.33. The van der Waals surface area contributed by atoms with Gasteiger partial charge in [0.1, 0.15) is 0 Å². The molecule has 5 nitrogen and oxygen atoms in total. The first kappa shape index (κ1) is 16.3. The molecule has 6 heteroatoms. The van der Waals surface area contributed by atoms with Gasteiger partial charge in [-0.15, -0.1) is 0 Å². The van der Waals surface area contributed by atoms with Gasteiger partial charge in [-0.3, -0.25) is 0 Å². The lowest BCUT2D eigenvalue weighted by molar-refractivity contribution is 0.0697. The monoisotopic (exact) mass is 298 g/mol. The number of urea groups is 1. The quantitative estimate of drug-likeness (QED) is 0.873. The molecule has 0 aliphatic rings. The van der Waals surface area contributed by atoms with Gasteiger partial charge < -0.3 is 15.3 Å². The number of rotatable bonds is 5. The summed E-state index contributed by atoms with van der Waals surface area (Å²) in [5, 5.41) is 11.9. The van der Waals surface area contributed by atoms with Crippen molar-refractivity contribution in [3.05, 3.63) is 28.8 Å². The van der Waals surface area contributed by atoms with E-state index in [4.69, 9.17) is 16.7 Å². The average Bonchev–Trinajstić information content (AvgIpc) is 2.34. The molecule has 0 aliphatic heterocycles. The lowest BCUT2D eigenvalue weighted by atomic mass is 10.2. The average molecular weight is 299 g/mol. The topological polar surface area (TPSA) is 69.6 Å². The maximum absolute atomic E-state index is 12.1. The van der Waals surface area contributed by atoms with Crippen LogP contribution in [-0.2, 0) is 0 Å². The van der Waals surface area contributed by atoms with E-state index < -0.39 is 5.97 Å². The standard InChI is InChI=1S/C14H19ClN2O3/c1-4-17(8-9(2)3)14(20)16-12-6-10(13(18)19)5-11(15)7-12/h5-7,9H,4,8H2,1-3H3,(H,16,20)(H,18,19). The van der Waals surface area contributed by atoms with Crippen LogP contribution in [0.15, 0.2) is 18.2 Å². The molecule has 0 atom stereocenters. The van der Waals surface area contributed by atoms with Crippen molar-refractivity contribution in [3.63, 3.8) is 0 Å². The number of carbonyl (C=O) groups is 2. The van der Waals surface area contributed by atoms with Crippen LogP contribution in [0.3, 0.4) is 0 Å². The molecule has 1 aromatic rings. The minimum atomic E-state index is -1.09. The van der Waals surface area contributed by atoms with Crippen molar-refractivity contribution < 1.29 is 14.7 Å². The maximum Gasteiger partial charge on any atom is 0.335 e. The van der Waals surface area contributed by atoms with Gasteiger partial charge in [-0.05, 0) is 31.0 Å². The van der Waals surface area contributed by atoms with E-state index in [1.165, 1.54) is 18.2 Å². The number of nitrogens with zero attached hydrogens (tertiary/aromatic N) is 1. The van der Waals surface area contributed by atoms with Crippen molar-refractivity contribution in [3.8, 4) is 0 Å². The SMILES string of the molecule is CCN(CC(C)C)C(=O)Nc1cc(Cl)cc(C(=O)O)c1. The number of amides is 2. The molecule has 0 spiro atoms. The van der Waals surface area contributed by atoms with Gasteiger partial charge in [-0.25, -0.2) is 9.59 Å². The largest absolute Gasteiger partial charge is 0.478 e. The molecule has 0 saturated carbocycles. The molecular weight excluding hydrogens is 280 g/mol. The first-order chi connectivity index (χ1) is 9.33. The Labute approximate surface area is 123 Å². The van der Waals surface area contributed by atoms with E-state index in [1.807, 2.05) is 20.8 Å². The molecule has 0 unspecified atom stereocenters. The minimum Gasteiger partial charge on any atom is -0.478 e. The number of halogens is 1. The summed E-state index contributed by atoms with van der Waals surface area (Å²) >= 11 is 5.85. The molecule has 1 aromatic carbocycles. The first-order valence-electron chi connectivity index (χ1n) is 6.43. The smallest absolute Gasteiger partial charge is 0.335 e. The highest BCUT2D eigenvalue weighted by atomic mass is 35.5. The molecule has 110 valence electrons. The molecule has 0 radical (unpaired) electrons. The maximum atomic E-state index is 12.1. The Hall–Kier alpha value is -1.75. The highest BCUT2D eigenvalue weighted by Crippen LogP contribution is 2.19. The van der Waals surface area contributed by atoms with Crippen LogP contribution >= 0.6 is 11.6 Å². The molecule has 1 rings (SSSR count). The Morgan fingerprint density at radius 3 is 2.50 bits per heavy atom. The Morgan fingerprint density at radius 1 is 1.35 bits per heavy atom. The van der Waals surface area contributed by atoms with Gasteiger partial charge >= 0.3 is 12.0 Å². The van der Waals surface area contributed by atoms with E-state index in [2.05, 4.69) is 5.32 Å². The molecule has 0 aliphatic carbocycles. The van der Waals surface area contributed by atoms with E-state index in [0.717, 1.165) is 0 Å². The summed E-state index contributed by atoms with van der Waals surface area (Å²) in [7, 11) is 0. The molecule has 2 amide bonds. The van der Waals surface area contributed by atoms with Crippen molar-refractivity contribution >= 4 is 29.3 Å². The van der Waals surface area contributed by atoms with Crippen molar-refractivity contribution in [2.45, 2.75) is 20.8 Å². The number of anilines is 1. The molecule has 20 heavy (non-hydrogen) atoms. The number of nitrogens with one attached hydrogen (secondary N) is 1. The number of benzene rings is 1. The summed E-state index contributed by atoms with van der Waals surface area (Å²) in [6.07, 6.45) is 0. The van der Waals surface area contributed by atoms with Crippen LogP contribution in [0, 0.1) is 5.92 Å². The highest BCUT2D eigenvalue weighted by molar-refractivity contribution is 6.31. The lowest BCUT2D eigenvalue weighted by Crippen LogP contribution is -2.37. The number of carbonyl (C=O) groups excluding carboxylic acids is 1. The summed E-state index contributed by atoms with van der Waals surface area (Å²) in [4.78, 5) is 24.7. The van der Waals surface area contributed by atoms with E-state index in [-0.39, 0.29) is 16.6 Å². The van der Waals surface area contributed by atoms with E-state index in [1.54, 1.807) is 4.90 Å². The Kier molecular flexibility index (Phi) is 5.82. The normalized spacial score (nSPS) is 10.4. The number of hydrogen-bond acceptors (Lipinski definition) is 2. The third-order valence-electron chi connectivity index (χ3n) is 2.65. The van der Waals surface area contributed by atoms with Gasteiger partial charge in [0.15, 0.2) is 0 Å². The van der Waals surface area contributed by atoms with Crippen molar-refractivity contribution in [2.24, 2.45) is 5.92 Å².